The molecule has 0 heterocycles. The van der Waals surface area contributed by atoms with E-state index in [-0.39, 0.29) is 25.2 Å². The van der Waals surface area contributed by atoms with Gasteiger partial charge in [0.05, 0.1) is 12.4 Å². The third-order valence-corrected chi connectivity index (χ3v) is 3.20. The average Bonchev–Trinajstić information content (AvgIpc) is 2.20. The van der Waals surface area contributed by atoms with Gasteiger partial charge in [0.25, 0.3) is 0 Å². The summed E-state index contributed by atoms with van der Waals surface area (Å²) in [7, 11) is -2.41. The summed E-state index contributed by atoms with van der Waals surface area (Å²) in [5.41, 5.74) is 4.86. The number of nitrogens with one attached hydrogen (secondary N) is 1. The Bertz CT molecular complexity index is 366. The smallest absolute Gasteiger partial charge is 0.321 e. The molecule has 0 aromatic carbocycles. The zero-order valence-electron chi connectivity index (χ0n) is 9.38. The van der Waals surface area contributed by atoms with Gasteiger partial charge in [-0.25, -0.2) is 13.1 Å². The van der Waals surface area contributed by atoms with E-state index in [2.05, 4.69) is 4.74 Å². The minimum Gasteiger partial charge on any atom is -0.480 e. The second kappa shape index (κ2) is 7.20. The van der Waals surface area contributed by atoms with Crippen molar-refractivity contribution in [3.05, 3.63) is 0 Å². The Labute approximate surface area is 99.2 Å². The fourth-order valence-electron chi connectivity index (χ4n) is 0.988. The van der Waals surface area contributed by atoms with Gasteiger partial charge in [-0.3, -0.25) is 9.59 Å². The SMILES string of the molecule is COCCS(=O)(=O)N[C@H](CCC(N)=O)C(=O)O. The number of sulfonamides is 1. The first kappa shape index (κ1) is 15.8. The lowest BCUT2D eigenvalue weighted by Gasteiger charge is -2.13. The normalized spacial score (nSPS) is 13.2. The quantitative estimate of drug-likeness (QED) is 0.454. The molecule has 0 fully saturated rings. The minimum absolute atomic E-state index is 0.0442. The van der Waals surface area contributed by atoms with E-state index in [0.717, 1.165) is 0 Å². The summed E-state index contributed by atoms with van der Waals surface area (Å²) in [6.45, 7) is -0.0442. The Hall–Kier alpha value is -1.19. The minimum atomic E-state index is -3.74. The standard InChI is InChI=1S/C8H16N2O6S/c1-16-4-5-17(14,15)10-6(8(12)13)2-3-7(9)11/h6,10H,2-5H2,1H3,(H2,9,11)(H,12,13)/t6-/m1/s1. The van der Waals surface area contributed by atoms with E-state index in [4.69, 9.17) is 10.8 Å². The topological polar surface area (TPSA) is 136 Å². The maximum absolute atomic E-state index is 11.4. The van der Waals surface area contributed by atoms with Gasteiger partial charge in [-0.1, -0.05) is 0 Å². The van der Waals surface area contributed by atoms with Crippen molar-refractivity contribution < 1.29 is 27.9 Å². The zero-order valence-corrected chi connectivity index (χ0v) is 10.2. The van der Waals surface area contributed by atoms with E-state index < -0.39 is 27.9 Å². The van der Waals surface area contributed by atoms with E-state index >= 15 is 0 Å². The van der Waals surface area contributed by atoms with Gasteiger partial charge in [0, 0.05) is 13.5 Å². The van der Waals surface area contributed by atoms with E-state index in [9.17, 15) is 18.0 Å². The molecule has 0 rings (SSSR count). The van der Waals surface area contributed by atoms with Crippen molar-refractivity contribution in [1.29, 1.82) is 0 Å². The Morgan fingerprint density at radius 1 is 1.47 bits per heavy atom. The molecule has 0 aromatic heterocycles. The molecular formula is C8H16N2O6S. The van der Waals surface area contributed by atoms with E-state index in [0.29, 0.717) is 0 Å². The third-order valence-electron chi connectivity index (χ3n) is 1.86. The molecular weight excluding hydrogens is 252 g/mol. The summed E-state index contributed by atoms with van der Waals surface area (Å²) < 4.78 is 29.3. The summed E-state index contributed by atoms with van der Waals surface area (Å²) >= 11 is 0. The van der Waals surface area contributed by atoms with Gasteiger partial charge in [-0.15, -0.1) is 0 Å². The van der Waals surface area contributed by atoms with Crippen LogP contribution in [-0.2, 0) is 24.3 Å². The van der Waals surface area contributed by atoms with E-state index in [1.807, 2.05) is 4.72 Å². The molecule has 0 unspecified atom stereocenters. The van der Waals surface area contributed by atoms with Crippen molar-refractivity contribution in [2.24, 2.45) is 5.73 Å². The second-order valence-electron chi connectivity index (χ2n) is 3.33. The fourth-order valence-corrected chi connectivity index (χ4v) is 2.14. The number of primary amides is 1. The lowest BCUT2D eigenvalue weighted by Crippen LogP contribution is -2.42. The Morgan fingerprint density at radius 2 is 2.06 bits per heavy atom. The summed E-state index contributed by atoms with van der Waals surface area (Å²) in [6.07, 6.45) is -0.388. The van der Waals surface area contributed by atoms with Crippen LogP contribution in [0.5, 0.6) is 0 Å². The van der Waals surface area contributed by atoms with Crippen LogP contribution < -0.4 is 10.5 Å². The number of aliphatic carboxylic acids is 1. The van der Waals surface area contributed by atoms with Crippen LogP contribution in [0.15, 0.2) is 0 Å². The number of amides is 1. The first-order valence-electron chi connectivity index (χ1n) is 4.78. The third kappa shape index (κ3) is 7.66. The van der Waals surface area contributed by atoms with Crippen LogP contribution >= 0.6 is 0 Å². The van der Waals surface area contributed by atoms with Crippen molar-refractivity contribution in [3.63, 3.8) is 0 Å². The first-order chi connectivity index (χ1) is 7.78. The highest BCUT2D eigenvalue weighted by Crippen LogP contribution is 2.00. The first-order valence-corrected chi connectivity index (χ1v) is 6.44. The van der Waals surface area contributed by atoms with Crippen LogP contribution in [0.2, 0.25) is 0 Å². The number of carboxylic acid groups (broad SMARTS) is 1. The highest BCUT2D eigenvalue weighted by molar-refractivity contribution is 7.89. The molecule has 100 valence electrons. The monoisotopic (exact) mass is 268 g/mol. The van der Waals surface area contributed by atoms with Crippen LogP contribution in [0.1, 0.15) is 12.8 Å². The molecule has 1 amide bonds. The van der Waals surface area contributed by atoms with Crippen molar-refractivity contribution in [2.75, 3.05) is 19.5 Å². The van der Waals surface area contributed by atoms with Crippen LogP contribution in [0.3, 0.4) is 0 Å². The molecule has 8 nitrogen and oxygen atoms in total. The highest BCUT2D eigenvalue weighted by atomic mass is 32.2. The second-order valence-corrected chi connectivity index (χ2v) is 5.20. The molecule has 4 N–H and O–H groups in total. The van der Waals surface area contributed by atoms with Gasteiger partial charge in [0.15, 0.2) is 0 Å². The van der Waals surface area contributed by atoms with Gasteiger partial charge < -0.3 is 15.6 Å². The van der Waals surface area contributed by atoms with Gasteiger partial charge in [-0.2, -0.15) is 0 Å². The molecule has 9 heteroatoms. The van der Waals surface area contributed by atoms with Crippen LogP contribution in [-0.4, -0.2) is 50.9 Å². The Morgan fingerprint density at radius 3 is 2.47 bits per heavy atom. The van der Waals surface area contributed by atoms with Gasteiger partial charge >= 0.3 is 5.97 Å². The molecule has 0 spiro atoms. The summed E-state index contributed by atoms with van der Waals surface area (Å²) in [6, 6.07) is -1.36. The summed E-state index contributed by atoms with van der Waals surface area (Å²) in [5, 5.41) is 8.76. The number of carbonyl (C=O) groups is 2. The average molecular weight is 268 g/mol. The van der Waals surface area contributed by atoms with Crippen molar-refractivity contribution >= 4 is 21.9 Å². The number of hydrogen-bond donors (Lipinski definition) is 3. The lowest BCUT2D eigenvalue weighted by atomic mass is 10.2. The zero-order chi connectivity index (χ0) is 13.5. The molecule has 1 atom stereocenters. The lowest BCUT2D eigenvalue weighted by molar-refractivity contribution is -0.139. The van der Waals surface area contributed by atoms with Crippen molar-refractivity contribution in [1.82, 2.24) is 4.72 Å². The van der Waals surface area contributed by atoms with Crippen molar-refractivity contribution in [3.8, 4) is 0 Å². The number of hydrogen-bond acceptors (Lipinski definition) is 5. The molecule has 0 bridgehead atoms. The van der Waals surface area contributed by atoms with Crippen molar-refractivity contribution in [2.45, 2.75) is 18.9 Å². The molecule has 0 aliphatic carbocycles. The van der Waals surface area contributed by atoms with E-state index in [1.165, 1.54) is 7.11 Å². The van der Waals surface area contributed by atoms with Gasteiger partial charge in [0.2, 0.25) is 15.9 Å². The predicted molar refractivity (Wildman–Crippen MR) is 58.7 cm³/mol. The van der Waals surface area contributed by atoms with Crippen LogP contribution in [0.25, 0.3) is 0 Å². The molecule has 0 saturated carbocycles. The number of carbonyl (C=O) groups excluding carboxylic acids is 1. The number of carboxylic acids is 1. The fraction of sp³-hybridized carbons (Fsp3) is 0.750. The Kier molecular flexibility index (Phi) is 6.69. The maximum atomic E-state index is 11.4. The number of rotatable bonds is 9. The Balaban J connectivity index is 4.43. The number of methoxy groups -OCH3 is 1. The summed E-state index contributed by atoms with van der Waals surface area (Å²) in [5.74, 6) is -2.39. The molecule has 0 aliphatic heterocycles. The molecule has 17 heavy (non-hydrogen) atoms. The van der Waals surface area contributed by atoms with Crippen LogP contribution in [0, 0.1) is 0 Å². The largest absolute Gasteiger partial charge is 0.480 e. The molecule has 0 saturated heterocycles. The van der Waals surface area contributed by atoms with Crippen LogP contribution in [0.4, 0.5) is 0 Å². The molecule has 0 aliphatic rings. The van der Waals surface area contributed by atoms with Gasteiger partial charge in [0.1, 0.15) is 6.04 Å². The van der Waals surface area contributed by atoms with E-state index in [1.54, 1.807) is 0 Å². The number of ether oxygens (including phenoxy) is 1. The molecule has 0 aromatic rings. The van der Waals surface area contributed by atoms with Gasteiger partial charge in [-0.05, 0) is 6.42 Å². The predicted octanol–water partition coefficient (Wildman–Crippen LogP) is -1.73. The summed E-state index contributed by atoms with van der Waals surface area (Å²) in [4.78, 5) is 21.2. The maximum Gasteiger partial charge on any atom is 0.321 e. The molecule has 0 radical (unpaired) electrons. The number of nitrogens with two attached hydrogens (primary N) is 1. The highest BCUT2D eigenvalue weighted by Gasteiger charge is 2.23.